The number of nitrogens with zero attached hydrogens (tertiary/aromatic N) is 3. The van der Waals surface area contributed by atoms with E-state index in [0.29, 0.717) is 18.7 Å². The molecule has 0 aromatic carbocycles. The minimum Gasteiger partial charge on any atom is -0.367 e. The molecule has 0 bridgehead atoms. The molecular weight excluding hydrogens is 206 g/mol. The highest BCUT2D eigenvalue weighted by Crippen LogP contribution is 2.10. The van der Waals surface area contributed by atoms with Gasteiger partial charge in [0.1, 0.15) is 12.4 Å². The molecule has 0 spiro atoms. The molecule has 1 aliphatic rings. The summed E-state index contributed by atoms with van der Waals surface area (Å²) in [4.78, 5) is 21.9. The monoisotopic (exact) mass is 221 g/mol. The van der Waals surface area contributed by atoms with Crippen LogP contribution in [0, 0.1) is 0 Å². The van der Waals surface area contributed by atoms with Crippen molar-refractivity contribution in [3.05, 3.63) is 24.3 Å². The van der Waals surface area contributed by atoms with Crippen LogP contribution in [0.25, 0.3) is 0 Å². The highest BCUT2D eigenvalue weighted by Gasteiger charge is 2.26. The zero-order chi connectivity index (χ0) is 11.4. The first kappa shape index (κ1) is 11.2. The maximum atomic E-state index is 12.0. The molecule has 0 radical (unpaired) electrons. The van der Waals surface area contributed by atoms with Gasteiger partial charge < -0.3 is 4.74 Å². The van der Waals surface area contributed by atoms with Gasteiger partial charge in [-0.15, -0.1) is 0 Å². The Bertz CT molecular complexity index is 356. The van der Waals surface area contributed by atoms with Gasteiger partial charge in [0.15, 0.2) is 5.78 Å². The van der Waals surface area contributed by atoms with Crippen molar-refractivity contribution in [2.75, 3.05) is 26.2 Å². The molecule has 1 fully saturated rings. The van der Waals surface area contributed by atoms with Gasteiger partial charge in [0, 0.05) is 25.5 Å². The molecule has 86 valence electrons. The fraction of sp³-hybridized carbons (Fsp3) is 0.545. The number of carbonyl (C=O) groups is 1. The number of likely N-dealkylation sites (N-methyl/N-ethyl adjacent to an activating group) is 1. The van der Waals surface area contributed by atoms with Gasteiger partial charge in [-0.1, -0.05) is 6.92 Å². The van der Waals surface area contributed by atoms with E-state index >= 15 is 0 Å². The number of aromatic nitrogens is 2. The Morgan fingerprint density at radius 1 is 1.56 bits per heavy atom. The zero-order valence-electron chi connectivity index (χ0n) is 9.30. The van der Waals surface area contributed by atoms with E-state index in [0.717, 1.165) is 13.1 Å². The Morgan fingerprint density at radius 2 is 2.31 bits per heavy atom. The van der Waals surface area contributed by atoms with E-state index in [4.69, 9.17) is 4.74 Å². The Morgan fingerprint density at radius 3 is 3.00 bits per heavy atom. The second-order valence-corrected chi connectivity index (χ2v) is 3.74. The van der Waals surface area contributed by atoms with E-state index in [-0.39, 0.29) is 11.9 Å². The third-order valence-electron chi connectivity index (χ3n) is 2.74. The molecular formula is C11H15N3O2. The topological polar surface area (TPSA) is 55.3 Å². The Kier molecular flexibility index (Phi) is 3.58. The predicted octanol–water partition coefficient (Wildman–Crippen LogP) is 0.380. The molecule has 2 rings (SSSR count). The number of carbonyl (C=O) groups excluding carboxylic acids is 1. The van der Waals surface area contributed by atoms with Gasteiger partial charge in [-0.05, 0) is 6.54 Å². The molecule has 1 aromatic heterocycles. The molecule has 1 atom stereocenters. The average molecular weight is 221 g/mol. The van der Waals surface area contributed by atoms with Crippen LogP contribution in [-0.2, 0) is 4.74 Å². The van der Waals surface area contributed by atoms with Crippen molar-refractivity contribution >= 4 is 5.78 Å². The van der Waals surface area contributed by atoms with E-state index in [1.807, 2.05) is 0 Å². The number of ether oxygens (including phenoxy) is 1. The molecule has 1 saturated heterocycles. The molecule has 1 unspecified atom stereocenters. The fourth-order valence-electron chi connectivity index (χ4n) is 1.76. The zero-order valence-corrected chi connectivity index (χ0v) is 9.30. The first-order valence-electron chi connectivity index (χ1n) is 5.44. The lowest BCUT2D eigenvalue weighted by atomic mass is 10.1. The predicted molar refractivity (Wildman–Crippen MR) is 58.2 cm³/mol. The standard InChI is InChI=1S/C11H15N3O2/c1-2-14-3-4-16-10(7-14)11(15)9-5-12-8-13-6-9/h5-6,8,10H,2-4,7H2,1H3. The highest BCUT2D eigenvalue weighted by molar-refractivity contribution is 5.99. The van der Waals surface area contributed by atoms with Crippen LogP contribution in [-0.4, -0.2) is 53.0 Å². The van der Waals surface area contributed by atoms with Crippen LogP contribution in [0.5, 0.6) is 0 Å². The van der Waals surface area contributed by atoms with E-state index in [2.05, 4.69) is 21.8 Å². The van der Waals surface area contributed by atoms with Crippen molar-refractivity contribution in [2.24, 2.45) is 0 Å². The largest absolute Gasteiger partial charge is 0.367 e. The van der Waals surface area contributed by atoms with Gasteiger partial charge in [-0.3, -0.25) is 9.69 Å². The van der Waals surface area contributed by atoms with Crippen molar-refractivity contribution in [3.8, 4) is 0 Å². The summed E-state index contributed by atoms with van der Waals surface area (Å²) in [6.07, 6.45) is 4.10. The van der Waals surface area contributed by atoms with Crippen molar-refractivity contribution in [1.82, 2.24) is 14.9 Å². The van der Waals surface area contributed by atoms with Gasteiger partial charge in [0.05, 0.1) is 12.2 Å². The summed E-state index contributed by atoms with van der Waals surface area (Å²) in [5.74, 6) is -0.0289. The number of hydrogen-bond donors (Lipinski definition) is 0. The summed E-state index contributed by atoms with van der Waals surface area (Å²) in [7, 11) is 0. The first-order chi connectivity index (χ1) is 7.81. The summed E-state index contributed by atoms with van der Waals surface area (Å²) in [5.41, 5.74) is 0.519. The van der Waals surface area contributed by atoms with E-state index < -0.39 is 0 Å². The number of morpholine rings is 1. The molecule has 5 nitrogen and oxygen atoms in total. The lowest BCUT2D eigenvalue weighted by Crippen LogP contribution is -2.45. The molecule has 1 aliphatic heterocycles. The second-order valence-electron chi connectivity index (χ2n) is 3.74. The van der Waals surface area contributed by atoms with Crippen molar-refractivity contribution in [2.45, 2.75) is 13.0 Å². The van der Waals surface area contributed by atoms with Gasteiger partial charge in [-0.2, -0.15) is 0 Å². The Labute approximate surface area is 94.5 Å². The number of ketones is 1. The third kappa shape index (κ3) is 2.43. The fourth-order valence-corrected chi connectivity index (χ4v) is 1.76. The smallest absolute Gasteiger partial charge is 0.195 e. The summed E-state index contributed by atoms with van der Waals surface area (Å²) < 4.78 is 5.48. The lowest BCUT2D eigenvalue weighted by molar-refractivity contribution is -0.0149. The van der Waals surface area contributed by atoms with Crippen LogP contribution < -0.4 is 0 Å². The van der Waals surface area contributed by atoms with Crippen LogP contribution in [0.1, 0.15) is 17.3 Å². The minimum atomic E-state index is -0.375. The van der Waals surface area contributed by atoms with E-state index in [1.165, 1.54) is 18.7 Å². The van der Waals surface area contributed by atoms with E-state index in [9.17, 15) is 4.79 Å². The van der Waals surface area contributed by atoms with Gasteiger partial charge in [0.2, 0.25) is 0 Å². The quantitative estimate of drug-likeness (QED) is 0.691. The van der Waals surface area contributed by atoms with Gasteiger partial charge in [0.25, 0.3) is 0 Å². The van der Waals surface area contributed by atoms with Crippen molar-refractivity contribution in [3.63, 3.8) is 0 Å². The normalized spacial score (nSPS) is 21.9. The summed E-state index contributed by atoms with van der Waals surface area (Å²) in [6.45, 7) is 5.19. The van der Waals surface area contributed by atoms with E-state index in [1.54, 1.807) is 0 Å². The van der Waals surface area contributed by atoms with Crippen LogP contribution in [0.3, 0.4) is 0 Å². The molecule has 16 heavy (non-hydrogen) atoms. The molecule has 0 amide bonds. The molecule has 0 N–H and O–H groups in total. The van der Waals surface area contributed by atoms with Crippen molar-refractivity contribution < 1.29 is 9.53 Å². The van der Waals surface area contributed by atoms with Crippen LogP contribution in [0.15, 0.2) is 18.7 Å². The maximum absolute atomic E-state index is 12.0. The Hall–Kier alpha value is -1.33. The Balaban J connectivity index is 2.05. The third-order valence-corrected chi connectivity index (χ3v) is 2.74. The summed E-state index contributed by atoms with van der Waals surface area (Å²) >= 11 is 0. The second kappa shape index (κ2) is 5.14. The first-order valence-corrected chi connectivity index (χ1v) is 5.44. The number of rotatable bonds is 3. The summed E-state index contributed by atoms with van der Waals surface area (Å²) in [5, 5.41) is 0. The lowest BCUT2D eigenvalue weighted by Gasteiger charge is -2.31. The van der Waals surface area contributed by atoms with Crippen molar-refractivity contribution in [1.29, 1.82) is 0 Å². The number of Topliss-reactive ketones (excluding diaryl/α,β-unsaturated/α-hetero) is 1. The van der Waals surface area contributed by atoms with Crippen LogP contribution in [0.4, 0.5) is 0 Å². The minimum absolute atomic E-state index is 0.0289. The molecule has 0 aliphatic carbocycles. The molecule has 2 heterocycles. The SMILES string of the molecule is CCN1CCOC(C(=O)c2cncnc2)C1. The van der Waals surface area contributed by atoms with Gasteiger partial charge >= 0.3 is 0 Å². The molecule has 5 heteroatoms. The summed E-state index contributed by atoms with van der Waals surface area (Å²) in [6, 6.07) is 0. The average Bonchev–Trinajstić information content (AvgIpc) is 2.39. The maximum Gasteiger partial charge on any atom is 0.195 e. The molecule has 0 saturated carbocycles. The highest BCUT2D eigenvalue weighted by atomic mass is 16.5. The number of hydrogen-bond acceptors (Lipinski definition) is 5. The molecule has 1 aromatic rings. The van der Waals surface area contributed by atoms with Crippen LogP contribution in [0.2, 0.25) is 0 Å². The van der Waals surface area contributed by atoms with Gasteiger partial charge in [-0.25, -0.2) is 9.97 Å². The van der Waals surface area contributed by atoms with Crippen LogP contribution >= 0.6 is 0 Å².